The molecule has 0 amide bonds. The van der Waals surface area contributed by atoms with Crippen LogP contribution >= 0.6 is 0 Å². The molecular weight excluding hydrogens is 280 g/mol. The lowest BCUT2D eigenvalue weighted by Crippen LogP contribution is -2.15. The Bertz CT molecular complexity index is 666. The summed E-state index contributed by atoms with van der Waals surface area (Å²) in [7, 11) is 1.65. The van der Waals surface area contributed by atoms with Crippen LogP contribution in [0, 0.1) is 0 Å². The molecule has 2 aromatic carbocycles. The van der Waals surface area contributed by atoms with Crippen LogP contribution in [0.4, 0.5) is 0 Å². The van der Waals surface area contributed by atoms with Gasteiger partial charge in [-0.05, 0) is 41.8 Å². The SMILES string of the molecule is CCc1cc(C2OC2C(=O)Oc2ccccc2)ccc1OC. The molecule has 2 atom stereocenters. The molecular formula is C18H18O4. The van der Waals surface area contributed by atoms with Crippen molar-refractivity contribution < 1.29 is 19.0 Å². The Hall–Kier alpha value is -2.33. The molecule has 0 radical (unpaired) electrons. The monoisotopic (exact) mass is 298 g/mol. The number of epoxide rings is 1. The van der Waals surface area contributed by atoms with Crippen molar-refractivity contribution in [3.05, 3.63) is 59.7 Å². The van der Waals surface area contributed by atoms with Gasteiger partial charge >= 0.3 is 5.97 Å². The number of hydrogen-bond acceptors (Lipinski definition) is 4. The van der Waals surface area contributed by atoms with Gasteiger partial charge in [-0.25, -0.2) is 4.79 Å². The van der Waals surface area contributed by atoms with E-state index in [1.807, 2.05) is 36.4 Å². The maximum atomic E-state index is 12.1. The van der Waals surface area contributed by atoms with E-state index < -0.39 is 6.10 Å². The Morgan fingerprint density at radius 3 is 2.64 bits per heavy atom. The molecule has 114 valence electrons. The Kier molecular flexibility index (Phi) is 4.11. The third kappa shape index (κ3) is 2.97. The maximum absolute atomic E-state index is 12.1. The fourth-order valence-electron chi connectivity index (χ4n) is 2.46. The van der Waals surface area contributed by atoms with E-state index in [2.05, 4.69) is 6.92 Å². The van der Waals surface area contributed by atoms with Crippen LogP contribution in [0.25, 0.3) is 0 Å². The van der Waals surface area contributed by atoms with E-state index in [1.54, 1.807) is 19.2 Å². The average molecular weight is 298 g/mol. The van der Waals surface area contributed by atoms with Gasteiger partial charge in [0.2, 0.25) is 0 Å². The van der Waals surface area contributed by atoms with Crippen LogP contribution in [0.15, 0.2) is 48.5 Å². The minimum absolute atomic E-state index is 0.229. The molecule has 0 aliphatic carbocycles. The van der Waals surface area contributed by atoms with Crippen LogP contribution < -0.4 is 9.47 Å². The molecule has 0 bridgehead atoms. The summed E-state index contributed by atoms with van der Waals surface area (Å²) in [6.07, 6.45) is 0.105. The second-order valence-electron chi connectivity index (χ2n) is 5.14. The Labute approximate surface area is 129 Å². The smallest absolute Gasteiger partial charge is 0.343 e. The van der Waals surface area contributed by atoms with Crippen LogP contribution in [-0.2, 0) is 16.0 Å². The van der Waals surface area contributed by atoms with Gasteiger partial charge in [0.15, 0.2) is 6.10 Å². The molecule has 1 fully saturated rings. The van der Waals surface area contributed by atoms with Crippen molar-refractivity contribution >= 4 is 5.97 Å². The summed E-state index contributed by atoms with van der Waals surface area (Å²) in [5.41, 5.74) is 2.08. The highest BCUT2D eigenvalue weighted by Crippen LogP contribution is 2.41. The van der Waals surface area contributed by atoms with E-state index in [9.17, 15) is 4.79 Å². The van der Waals surface area contributed by atoms with Gasteiger partial charge in [-0.3, -0.25) is 0 Å². The number of rotatable bonds is 5. The van der Waals surface area contributed by atoms with Crippen molar-refractivity contribution in [1.29, 1.82) is 0 Å². The zero-order valence-electron chi connectivity index (χ0n) is 12.6. The summed E-state index contributed by atoms with van der Waals surface area (Å²) >= 11 is 0. The molecule has 0 spiro atoms. The third-order valence-electron chi connectivity index (χ3n) is 3.70. The lowest BCUT2D eigenvalue weighted by Gasteiger charge is -2.08. The minimum atomic E-state index is -0.529. The fraction of sp³-hybridized carbons (Fsp3) is 0.278. The first-order chi connectivity index (χ1) is 10.7. The fourth-order valence-corrected chi connectivity index (χ4v) is 2.46. The molecule has 0 aromatic heterocycles. The summed E-state index contributed by atoms with van der Waals surface area (Å²) in [4.78, 5) is 12.1. The predicted molar refractivity (Wildman–Crippen MR) is 82.1 cm³/mol. The van der Waals surface area contributed by atoms with E-state index >= 15 is 0 Å². The molecule has 1 heterocycles. The number of aryl methyl sites for hydroxylation is 1. The zero-order valence-corrected chi connectivity index (χ0v) is 12.6. The summed E-state index contributed by atoms with van der Waals surface area (Å²) in [5, 5.41) is 0. The molecule has 0 saturated carbocycles. The van der Waals surface area contributed by atoms with Crippen LogP contribution in [0.2, 0.25) is 0 Å². The lowest BCUT2D eigenvalue weighted by molar-refractivity contribution is -0.135. The number of methoxy groups -OCH3 is 1. The molecule has 0 N–H and O–H groups in total. The molecule has 1 aliphatic rings. The van der Waals surface area contributed by atoms with Crippen molar-refractivity contribution in [2.75, 3.05) is 7.11 Å². The topological polar surface area (TPSA) is 48.1 Å². The molecule has 4 nitrogen and oxygen atoms in total. The second kappa shape index (κ2) is 6.20. The summed E-state index contributed by atoms with van der Waals surface area (Å²) in [6, 6.07) is 14.9. The van der Waals surface area contributed by atoms with Gasteiger partial charge < -0.3 is 14.2 Å². The van der Waals surface area contributed by atoms with Gasteiger partial charge in [0, 0.05) is 0 Å². The van der Waals surface area contributed by atoms with Crippen molar-refractivity contribution in [1.82, 2.24) is 0 Å². The molecule has 2 aromatic rings. The number of ether oxygens (including phenoxy) is 3. The van der Waals surface area contributed by atoms with E-state index in [0.717, 1.165) is 23.3 Å². The summed E-state index contributed by atoms with van der Waals surface area (Å²) in [5.74, 6) is 1.03. The van der Waals surface area contributed by atoms with E-state index in [-0.39, 0.29) is 12.1 Å². The Morgan fingerprint density at radius 2 is 1.95 bits per heavy atom. The number of carbonyl (C=O) groups is 1. The van der Waals surface area contributed by atoms with Crippen molar-refractivity contribution in [3.63, 3.8) is 0 Å². The minimum Gasteiger partial charge on any atom is -0.496 e. The summed E-state index contributed by atoms with van der Waals surface area (Å²) in [6.45, 7) is 2.07. The quantitative estimate of drug-likeness (QED) is 0.483. The first kappa shape index (κ1) is 14.6. The highest BCUT2D eigenvalue weighted by molar-refractivity contribution is 5.80. The molecule has 1 saturated heterocycles. The van der Waals surface area contributed by atoms with Gasteiger partial charge in [0.05, 0.1) is 7.11 Å². The second-order valence-corrected chi connectivity index (χ2v) is 5.14. The molecule has 2 unspecified atom stereocenters. The van der Waals surface area contributed by atoms with E-state index in [0.29, 0.717) is 5.75 Å². The number of benzene rings is 2. The highest BCUT2D eigenvalue weighted by Gasteiger charge is 2.47. The van der Waals surface area contributed by atoms with Gasteiger partial charge in [-0.15, -0.1) is 0 Å². The Balaban J connectivity index is 1.68. The summed E-state index contributed by atoms with van der Waals surface area (Å²) < 4.78 is 16.1. The van der Waals surface area contributed by atoms with Crippen molar-refractivity contribution in [3.8, 4) is 11.5 Å². The normalized spacial score (nSPS) is 19.5. The predicted octanol–water partition coefficient (Wildman–Crippen LogP) is 3.30. The van der Waals surface area contributed by atoms with Gasteiger partial charge in [0.25, 0.3) is 0 Å². The molecule has 3 rings (SSSR count). The molecule has 22 heavy (non-hydrogen) atoms. The van der Waals surface area contributed by atoms with Crippen LogP contribution in [-0.4, -0.2) is 19.2 Å². The van der Waals surface area contributed by atoms with Crippen LogP contribution in [0.5, 0.6) is 11.5 Å². The average Bonchev–Trinajstić information content (AvgIpc) is 3.36. The number of para-hydroxylation sites is 1. The Morgan fingerprint density at radius 1 is 1.18 bits per heavy atom. The third-order valence-corrected chi connectivity index (χ3v) is 3.70. The largest absolute Gasteiger partial charge is 0.496 e. The zero-order chi connectivity index (χ0) is 15.5. The number of carbonyl (C=O) groups excluding carboxylic acids is 1. The van der Waals surface area contributed by atoms with Crippen molar-refractivity contribution in [2.24, 2.45) is 0 Å². The van der Waals surface area contributed by atoms with Gasteiger partial charge in [-0.2, -0.15) is 0 Å². The van der Waals surface area contributed by atoms with E-state index in [1.165, 1.54) is 0 Å². The van der Waals surface area contributed by atoms with Gasteiger partial charge in [0.1, 0.15) is 17.6 Å². The number of esters is 1. The molecule has 1 aliphatic heterocycles. The lowest BCUT2D eigenvalue weighted by atomic mass is 10.0. The standard InChI is InChI=1S/C18H18O4/c1-3-12-11-13(9-10-15(12)20-2)16-17(22-16)18(19)21-14-7-5-4-6-8-14/h4-11,16-17H,3H2,1-2H3. The first-order valence-electron chi connectivity index (χ1n) is 7.32. The van der Waals surface area contributed by atoms with Crippen LogP contribution in [0.3, 0.4) is 0 Å². The highest BCUT2D eigenvalue weighted by atomic mass is 16.6. The number of hydrogen-bond donors (Lipinski definition) is 0. The maximum Gasteiger partial charge on any atom is 0.343 e. The molecule has 4 heteroatoms. The van der Waals surface area contributed by atoms with Gasteiger partial charge in [-0.1, -0.05) is 31.2 Å². The first-order valence-corrected chi connectivity index (χ1v) is 7.32. The van der Waals surface area contributed by atoms with Crippen LogP contribution in [0.1, 0.15) is 24.2 Å². The van der Waals surface area contributed by atoms with Crippen molar-refractivity contribution in [2.45, 2.75) is 25.6 Å². The van der Waals surface area contributed by atoms with E-state index in [4.69, 9.17) is 14.2 Å².